The quantitative estimate of drug-likeness (QED) is 0.782. The molecule has 1 aromatic heterocycles. The fraction of sp³-hybridized carbons (Fsp3) is 0.286. The second-order valence-corrected chi connectivity index (χ2v) is 4.89. The van der Waals surface area contributed by atoms with Crippen LogP contribution in [0.15, 0.2) is 28.8 Å². The molecule has 1 aromatic carbocycles. The summed E-state index contributed by atoms with van der Waals surface area (Å²) in [5.41, 5.74) is 6.96. The van der Waals surface area contributed by atoms with E-state index in [1.807, 2.05) is 43.3 Å². The van der Waals surface area contributed by atoms with Gasteiger partial charge < -0.3 is 20.5 Å². The summed E-state index contributed by atoms with van der Waals surface area (Å²) in [7, 11) is 3.90. The van der Waals surface area contributed by atoms with Crippen molar-refractivity contribution in [2.24, 2.45) is 5.73 Å². The minimum absolute atomic E-state index is 0.0505. The highest BCUT2D eigenvalue weighted by Gasteiger charge is 2.12. The van der Waals surface area contributed by atoms with Crippen molar-refractivity contribution in [3.63, 3.8) is 0 Å². The van der Waals surface area contributed by atoms with Gasteiger partial charge >= 0.3 is 0 Å². The zero-order valence-electron chi connectivity index (χ0n) is 12.4. The van der Waals surface area contributed by atoms with Gasteiger partial charge in [-0.05, 0) is 17.7 Å². The number of benzene rings is 1. The fourth-order valence-corrected chi connectivity index (χ4v) is 1.76. The van der Waals surface area contributed by atoms with Gasteiger partial charge in [0.2, 0.25) is 11.8 Å². The van der Waals surface area contributed by atoms with Crippen molar-refractivity contribution in [1.82, 2.24) is 15.5 Å². The predicted octanol–water partition coefficient (Wildman–Crippen LogP) is 0.0934. The van der Waals surface area contributed by atoms with Crippen molar-refractivity contribution in [3.05, 3.63) is 41.5 Å². The summed E-state index contributed by atoms with van der Waals surface area (Å²) in [5.74, 6) is -1.03. The molecule has 0 radical (unpaired) electrons. The van der Waals surface area contributed by atoms with E-state index < -0.39 is 5.91 Å². The van der Waals surface area contributed by atoms with Gasteiger partial charge in [-0.25, -0.2) is 0 Å². The molecule has 0 spiro atoms. The minimum atomic E-state index is -0.776. The number of nitrogens with one attached hydrogen (secondary N) is 1. The molecule has 2 aromatic rings. The Balaban J connectivity index is 1.85. The van der Waals surface area contributed by atoms with Crippen LogP contribution in [0.1, 0.15) is 22.1 Å². The van der Waals surface area contributed by atoms with Crippen LogP contribution in [0, 0.1) is 0 Å². The van der Waals surface area contributed by atoms with Crippen LogP contribution in [0.2, 0.25) is 0 Å². The van der Waals surface area contributed by atoms with Gasteiger partial charge in [-0.15, -0.1) is 0 Å². The Morgan fingerprint density at radius 2 is 1.95 bits per heavy atom. The molecule has 1 heterocycles. The molecular formula is C14H17N5O3. The number of hydrogen-bond donors (Lipinski definition) is 2. The van der Waals surface area contributed by atoms with Crippen LogP contribution in [0.3, 0.4) is 0 Å². The highest BCUT2D eigenvalue weighted by atomic mass is 16.5. The van der Waals surface area contributed by atoms with Crippen LogP contribution in [0.25, 0.3) is 0 Å². The minimum Gasteiger partial charge on any atom is -0.378 e. The Morgan fingerprint density at radius 1 is 1.27 bits per heavy atom. The van der Waals surface area contributed by atoms with Gasteiger partial charge in [0.25, 0.3) is 11.7 Å². The number of carbonyl (C=O) groups is 2. The lowest BCUT2D eigenvalue weighted by Crippen LogP contribution is -2.24. The van der Waals surface area contributed by atoms with Gasteiger partial charge in [-0.2, -0.15) is 4.98 Å². The monoisotopic (exact) mass is 303 g/mol. The summed E-state index contributed by atoms with van der Waals surface area (Å²) in [6, 6.07) is 7.68. The summed E-state index contributed by atoms with van der Waals surface area (Å²) in [6.07, 6.45) is 0.241. The van der Waals surface area contributed by atoms with Gasteiger partial charge in [0.1, 0.15) is 0 Å². The van der Waals surface area contributed by atoms with Crippen LogP contribution in [0.5, 0.6) is 0 Å². The molecule has 0 unspecified atom stereocenters. The molecule has 3 N–H and O–H groups in total. The molecule has 0 saturated carbocycles. The first-order chi connectivity index (χ1) is 10.5. The predicted molar refractivity (Wildman–Crippen MR) is 79.1 cm³/mol. The molecule has 0 atom stereocenters. The third-order valence-electron chi connectivity index (χ3n) is 2.94. The standard InChI is InChI=1S/C14H17N5O3/c1-19(2)10-5-3-9(4-6-10)7-11(20)16-8-12-17-14(13(15)21)18-22-12/h3-6H,7-8H2,1-2H3,(H2,15,21)(H,16,20). The Morgan fingerprint density at radius 3 is 2.50 bits per heavy atom. The van der Waals surface area contributed by atoms with Crippen molar-refractivity contribution >= 4 is 17.5 Å². The number of primary amides is 1. The Kier molecular flexibility index (Phi) is 4.72. The average molecular weight is 303 g/mol. The molecule has 0 aliphatic rings. The van der Waals surface area contributed by atoms with Crippen LogP contribution in [-0.4, -0.2) is 36.1 Å². The largest absolute Gasteiger partial charge is 0.378 e. The second kappa shape index (κ2) is 6.70. The first kappa shape index (κ1) is 15.5. The summed E-state index contributed by atoms with van der Waals surface area (Å²) < 4.78 is 4.79. The molecule has 0 aliphatic heterocycles. The van der Waals surface area contributed by atoms with Crippen LogP contribution >= 0.6 is 0 Å². The SMILES string of the molecule is CN(C)c1ccc(CC(=O)NCc2nc(C(N)=O)no2)cc1. The highest BCUT2D eigenvalue weighted by molar-refractivity contribution is 5.88. The number of aromatic nitrogens is 2. The molecule has 22 heavy (non-hydrogen) atoms. The summed E-state index contributed by atoms with van der Waals surface area (Å²) in [5, 5.41) is 6.03. The molecule has 0 saturated heterocycles. The van der Waals surface area contributed by atoms with Crippen molar-refractivity contribution in [2.45, 2.75) is 13.0 Å². The average Bonchev–Trinajstić information content (AvgIpc) is 2.95. The molecule has 0 bridgehead atoms. The third kappa shape index (κ3) is 4.05. The number of amides is 2. The zero-order chi connectivity index (χ0) is 16.1. The number of carbonyl (C=O) groups excluding carboxylic acids is 2. The normalized spacial score (nSPS) is 10.3. The number of nitrogens with zero attached hydrogens (tertiary/aromatic N) is 3. The number of hydrogen-bond acceptors (Lipinski definition) is 6. The summed E-state index contributed by atoms with van der Waals surface area (Å²) in [6.45, 7) is 0.0505. The number of rotatable bonds is 6. The van der Waals surface area contributed by atoms with Crippen molar-refractivity contribution < 1.29 is 14.1 Å². The fourth-order valence-electron chi connectivity index (χ4n) is 1.76. The van der Waals surface area contributed by atoms with Crippen molar-refractivity contribution in [3.8, 4) is 0 Å². The van der Waals surface area contributed by atoms with Crippen molar-refractivity contribution in [1.29, 1.82) is 0 Å². The van der Waals surface area contributed by atoms with Crippen LogP contribution in [-0.2, 0) is 17.8 Å². The van der Waals surface area contributed by atoms with E-state index in [0.29, 0.717) is 0 Å². The summed E-state index contributed by atoms with van der Waals surface area (Å²) >= 11 is 0. The van der Waals surface area contributed by atoms with Crippen LogP contribution < -0.4 is 16.0 Å². The van der Waals surface area contributed by atoms with E-state index in [2.05, 4.69) is 15.5 Å². The van der Waals surface area contributed by atoms with E-state index in [0.717, 1.165) is 11.3 Å². The first-order valence-corrected chi connectivity index (χ1v) is 6.61. The lowest BCUT2D eigenvalue weighted by atomic mass is 10.1. The van der Waals surface area contributed by atoms with Gasteiger partial charge in [-0.1, -0.05) is 17.3 Å². The zero-order valence-corrected chi connectivity index (χ0v) is 12.4. The van der Waals surface area contributed by atoms with Crippen molar-refractivity contribution in [2.75, 3.05) is 19.0 Å². The number of anilines is 1. The van der Waals surface area contributed by atoms with Gasteiger partial charge in [0.05, 0.1) is 13.0 Å². The maximum absolute atomic E-state index is 11.8. The van der Waals surface area contributed by atoms with E-state index in [1.165, 1.54) is 0 Å². The molecule has 0 fully saturated rings. The van der Waals surface area contributed by atoms with E-state index in [-0.39, 0.29) is 30.6 Å². The maximum Gasteiger partial charge on any atom is 0.290 e. The van der Waals surface area contributed by atoms with E-state index in [9.17, 15) is 9.59 Å². The molecule has 8 heteroatoms. The first-order valence-electron chi connectivity index (χ1n) is 6.61. The molecule has 2 rings (SSSR count). The molecule has 0 aliphatic carbocycles. The van der Waals surface area contributed by atoms with E-state index in [4.69, 9.17) is 10.3 Å². The molecule has 116 valence electrons. The van der Waals surface area contributed by atoms with Crippen LogP contribution in [0.4, 0.5) is 5.69 Å². The lowest BCUT2D eigenvalue weighted by Gasteiger charge is -2.12. The highest BCUT2D eigenvalue weighted by Crippen LogP contribution is 2.12. The number of nitrogens with two attached hydrogens (primary N) is 1. The van der Waals surface area contributed by atoms with E-state index in [1.54, 1.807) is 0 Å². The van der Waals surface area contributed by atoms with E-state index >= 15 is 0 Å². The Bertz CT molecular complexity index is 663. The van der Waals surface area contributed by atoms with Gasteiger partial charge in [0, 0.05) is 19.8 Å². The van der Waals surface area contributed by atoms with Gasteiger partial charge in [0.15, 0.2) is 0 Å². The summed E-state index contributed by atoms with van der Waals surface area (Å²) in [4.78, 5) is 28.4. The smallest absolute Gasteiger partial charge is 0.290 e. The second-order valence-electron chi connectivity index (χ2n) is 4.89. The lowest BCUT2D eigenvalue weighted by molar-refractivity contribution is -0.120. The molecule has 8 nitrogen and oxygen atoms in total. The topological polar surface area (TPSA) is 114 Å². The van der Waals surface area contributed by atoms with Gasteiger partial charge in [-0.3, -0.25) is 9.59 Å². The Hall–Kier alpha value is -2.90. The molecular weight excluding hydrogens is 286 g/mol. The molecule has 2 amide bonds. The maximum atomic E-state index is 11.8. The Labute approximate surface area is 127 Å². The third-order valence-corrected chi connectivity index (χ3v) is 2.94.